The van der Waals surface area contributed by atoms with Crippen molar-refractivity contribution in [3.63, 3.8) is 0 Å². The lowest BCUT2D eigenvalue weighted by atomic mass is 10.1. The third-order valence-corrected chi connectivity index (χ3v) is 5.25. The summed E-state index contributed by atoms with van der Waals surface area (Å²) < 4.78 is 2.39. The van der Waals surface area contributed by atoms with Crippen molar-refractivity contribution >= 4 is 11.8 Å². The van der Waals surface area contributed by atoms with E-state index in [0.29, 0.717) is 18.5 Å². The second-order valence-corrected chi connectivity index (χ2v) is 7.14. The zero-order valence-corrected chi connectivity index (χ0v) is 13.1. The van der Waals surface area contributed by atoms with Gasteiger partial charge in [-0.3, -0.25) is 0 Å². The van der Waals surface area contributed by atoms with Crippen LogP contribution in [0.25, 0.3) is 0 Å². The molecule has 4 rings (SSSR count). The van der Waals surface area contributed by atoms with Crippen LogP contribution in [0.4, 0.5) is 0 Å². The van der Waals surface area contributed by atoms with Crippen LogP contribution >= 0.6 is 11.8 Å². The molecular weight excluding hydrogens is 280 g/mol. The van der Waals surface area contributed by atoms with E-state index in [1.807, 2.05) is 0 Å². The minimum Gasteiger partial charge on any atom is -0.326 e. The first-order chi connectivity index (χ1) is 10.3. The Morgan fingerprint density at radius 3 is 2.71 bits per heavy atom. The van der Waals surface area contributed by atoms with E-state index in [9.17, 15) is 0 Å². The summed E-state index contributed by atoms with van der Waals surface area (Å²) in [5.74, 6) is 1.86. The molecule has 0 radical (unpaired) electrons. The van der Waals surface area contributed by atoms with Gasteiger partial charge in [0.05, 0.1) is 0 Å². The van der Waals surface area contributed by atoms with Gasteiger partial charge in [-0.05, 0) is 61.6 Å². The van der Waals surface area contributed by atoms with Crippen molar-refractivity contribution < 1.29 is 0 Å². The smallest absolute Gasteiger partial charge is 0.196 e. The van der Waals surface area contributed by atoms with E-state index in [0.717, 1.165) is 5.16 Å². The minimum atomic E-state index is 0.565. The van der Waals surface area contributed by atoms with Gasteiger partial charge in [-0.2, -0.15) is 0 Å². The zero-order valence-electron chi connectivity index (χ0n) is 12.2. The Morgan fingerprint density at radius 1 is 1.24 bits per heavy atom. The SMILES string of the molecule is Cc1ccc(CN)c(Sc2nnc(C3CC3)n2C2CC2)c1. The Balaban J connectivity index is 1.69. The molecule has 4 nitrogen and oxygen atoms in total. The molecule has 0 unspecified atom stereocenters. The highest BCUT2D eigenvalue weighted by Gasteiger charge is 2.36. The Bertz CT molecular complexity index is 671. The number of aromatic nitrogens is 3. The van der Waals surface area contributed by atoms with Crippen molar-refractivity contribution in [2.24, 2.45) is 5.73 Å². The van der Waals surface area contributed by atoms with Gasteiger partial charge in [0, 0.05) is 23.4 Å². The summed E-state index contributed by atoms with van der Waals surface area (Å²) in [6.07, 6.45) is 5.08. The minimum absolute atomic E-state index is 0.565. The first-order valence-corrected chi connectivity index (χ1v) is 8.50. The fourth-order valence-electron chi connectivity index (χ4n) is 2.68. The van der Waals surface area contributed by atoms with Gasteiger partial charge in [0.2, 0.25) is 0 Å². The lowest BCUT2D eigenvalue weighted by molar-refractivity contribution is 0.627. The van der Waals surface area contributed by atoms with E-state index >= 15 is 0 Å². The van der Waals surface area contributed by atoms with E-state index in [4.69, 9.17) is 5.73 Å². The maximum atomic E-state index is 5.87. The highest BCUT2D eigenvalue weighted by atomic mass is 32.2. The molecule has 2 fully saturated rings. The number of benzene rings is 1. The van der Waals surface area contributed by atoms with E-state index in [1.165, 1.54) is 47.5 Å². The molecule has 21 heavy (non-hydrogen) atoms. The van der Waals surface area contributed by atoms with Crippen LogP contribution in [-0.2, 0) is 6.54 Å². The molecule has 2 saturated carbocycles. The fourth-order valence-corrected chi connectivity index (χ4v) is 3.82. The van der Waals surface area contributed by atoms with Crippen LogP contribution in [-0.4, -0.2) is 14.8 Å². The summed E-state index contributed by atoms with van der Waals surface area (Å²) in [6.45, 7) is 2.68. The highest BCUT2D eigenvalue weighted by Crippen LogP contribution is 2.47. The van der Waals surface area contributed by atoms with Crippen LogP contribution < -0.4 is 5.73 Å². The molecule has 2 aliphatic carbocycles. The summed E-state index contributed by atoms with van der Waals surface area (Å²) in [6, 6.07) is 7.07. The Kier molecular flexibility index (Phi) is 3.27. The number of nitrogens with two attached hydrogens (primary N) is 1. The van der Waals surface area contributed by atoms with Crippen molar-refractivity contribution in [3.8, 4) is 0 Å². The van der Waals surface area contributed by atoms with Gasteiger partial charge in [-0.25, -0.2) is 0 Å². The normalized spacial score (nSPS) is 18.2. The molecular formula is C16H20N4S. The molecule has 0 aliphatic heterocycles. The maximum Gasteiger partial charge on any atom is 0.196 e. The molecule has 0 saturated heterocycles. The molecule has 0 amide bonds. The molecule has 5 heteroatoms. The van der Waals surface area contributed by atoms with Crippen molar-refractivity contribution in [2.75, 3.05) is 0 Å². The van der Waals surface area contributed by atoms with Gasteiger partial charge in [0.15, 0.2) is 5.16 Å². The third kappa shape index (κ3) is 2.60. The number of hydrogen-bond donors (Lipinski definition) is 1. The Hall–Kier alpha value is -1.33. The largest absolute Gasteiger partial charge is 0.326 e. The monoisotopic (exact) mass is 300 g/mol. The van der Waals surface area contributed by atoms with Crippen LogP contribution in [0.2, 0.25) is 0 Å². The molecule has 2 N–H and O–H groups in total. The van der Waals surface area contributed by atoms with Gasteiger partial charge < -0.3 is 10.3 Å². The molecule has 1 heterocycles. The van der Waals surface area contributed by atoms with E-state index in [1.54, 1.807) is 11.8 Å². The van der Waals surface area contributed by atoms with Crippen molar-refractivity contribution in [1.82, 2.24) is 14.8 Å². The van der Waals surface area contributed by atoms with Crippen LogP contribution in [0.5, 0.6) is 0 Å². The summed E-state index contributed by atoms with van der Waals surface area (Å²) in [4.78, 5) is 1.22. The molecule has 110 valence electrons. The van der Waals surface area contributed by atoms with Gasteiger partial charge in [0.1, 0.15) is 5.82 Å². The van der Waals surface area contributed by atoms with Gasteiger partial charge in [-0.15, -0.1) is 10.2 Å². The molecule has 1 aromatic heterocycles. The quantitative estimate of drug-likeness (QED) is 0.919. The summed E-state index contributed by atoms with van der Waals surface area (Å²) in [5.41, 5.74) is 8.31. The molecule has 0 spiro atoms. The molecule has 0 bridgehead atoms. The fraction of sp³-hybridized carbons (Fsp3) is 0.500. The van der Waals surface area contributed by atoms with Gasteiger partial charge >= 0.3 is 0 Å². The van der Waals surface area contributed by atoms with Crippen LogP contribution in [0.15, 0.2) is 28.3 Å². The molecule has 2 aliphatic rings. The zero-order chi connectivity index (χ0) is 14.4. The first kappa shape index (κ1) is 13.3. The molecule has 1 aromatic carbocycles. The molecule has 2 aromatic rings. The molecule has 0 atom stereocenters. The van der Waals surface area contributed by atoms with Crippen molar-refractivity contribution in [3.05, 3.63) is 35.2 Å². The van der Waals surface area contributed by atoms with E-state index < -0.39 is 0 Å². The van der Waals surface area contributed by atoms with Gasteiger partial charge in [0.25, 0.3) is 0 Å². The second-order valence-electron chi connectivity index (χ2n) is 6.13. The van der Waals surface area contributed by atoms with E-state index in [2.05, 4.69) is 39.9 Å². The van der Waals surface area contributed by atoms with Crippen molar-refractivity contribution in [1.29, 1.82) is 0 Å². The number of hydrogen-bond acceptors (Lipinski definition) is 4. The van der Waals surface area contributed by atoms with Gasteiger partial charge in [-0.1, -0.05) is 12.1 Å². The predicted octanol–water partition coefficient (Wildman–Crippen LogP) is 3.41. The lowest BCUT2D eigenvalue weighted by Crippen LogP contribution is -2.03. The Labute approximate surface area is 129 Å². The first-order valence-electron chi connectivity index (χ1n) is 7.68. The second kappa shape index (κ2) is 5.14. The highest BCUT2D eigenvalue weighted by molar-refractivity contribution is 7.99. The van der Waals surface area contributed by atoms with Crippen LogP contribution in [0.3, 0.4) is 0 Å². The third-order valence-electron chi connectivity index (χ3n) is 4.19. The average molecular weight is 300 g/mol. The number of aryl methyl sites for hydroxylation is 1. The van der Waals surface area contributed by atoms with Crippen LogP contribution in [0, 0.1) is 6.92 Å². The van der Waals surface area contributed by atoms with Crippen LogP contribution in [0.1, 0.15) is 54.6 Å². The van der Waals surface area contributed by atoms with E-state index in [-0.39, 0.29) is 0 Å². The Morgan fingerprint density at radius 2 is 2.05 bits per heavy atom. The standard InChI is InChI=1S/C16H20N4S/c1-10-2-3-12(9-17)14(8-10)21-16-19-18-15(11-4-5-11)20(16)13-6-7-13/h2-3,8,11,13H,4-7,9,17H2,1H3. The lowest BCUT2D eigenvalue weighted by Gasteiger charge is -2.11. The summed E-state index contributed by atoms with van der Waals surface area (Å²) in [7, 11) is 0. The number of rotatable bonds is 5. The average Bonchev–Trinajstić information content (AvgIpc) is 3.39. The topological polar surface area (TPSA) is 56.7 Å². The number of nitrogens with zero attached hydrogens (tertiary/aromatic N) is 3. The van der Waals surface area contributed by atoms with Crippen molar-refractivity contribution in [2.45, 2.75) is 61.2 Å². The summed E-state index contributed by atoms with van der Waals surface area (Å²) in [5, 5.41) is 9.99. The predicted molar refractivity (Wildman–Crippen MR) is 83.5 cm³/mol. The summed E-state index contributed by atoms with van der Waals surface area (Å²) >= 11 is 1.72. The maximum absolute atomic E-state index is 5.87.